The second-order valence-electron chi connectivity index (χ2n) is 6.22. The van der Waals surface area contributed by atoms with Crippen molar-refractivity contribution < 1.29 is 9.94 Å². The number of amidine groups is 1. The maximum absolute atomic E-state index is 8.86. The number of aromatic nitrogens is 2. The maximum Gasteiger partial charge on any atom is 0.244 e. The van der Waals surface area contributed by atoms with Crippen molar-refractivity contribution in [2.75, 3.05) is 0 Å². The molecule has 0 amide bonds. The van der Waals surface area contributed by atoms with E-state index in [1.807, 2.05) is 0 Å². The van der Waals surface area contributed by atoms with Gasteiger partial charge in [0.25, 0.3) is 0 Å². The van der Waals surface area contributed by atoms with E-state index in [2.05, 4.69) is 36.1 Å². The van der Waals surface area contributed by atoms with Crippen LogP contribution in [-0.4, -0.2) is 27.3 Å². The van der Waals surface area contributed by atoms with Gasteiger partial charge in [-0.3, -0.25) is 0 Å². The average Bonchev–Trinajstić information content (AvgIpc) is 2.47. The molecule has 1 aliphatic rings. The molecule has 0 aromatic carbocycles. The molecule has 6 heteroatoms. The molecule has 1 saturated carbocycles. The third kappa shape index (κ3) is 3.62. The van der Waals surface area contributed by atoms with Gasteiger partial charge in [-0.2, -0.15) is 5.10 Å². The molecule has 1 aromatic heterocycles. The minimum atomic E-state index is -0.00939. The zero-order valence-corrected chi connectivity index (χ0v) is 12.9. The number of nitrogens with two attached hydrogens (primary N) is 1. The smallest absolute Gasteiger partial charge is 0.244 e. The molecule has 2 rings (SSSR count). The standard InChI is InChI=1S/C15H24N4O2/c1-9(2)11-5-4-10(3)8-13(11)21-15-12(14(16)19-20)6-7-17-18-15/h6-7,9-11,13,20H,4-5,8H2,1-3H3,(H2,16,19). The summed E-state index contributed by atoms with van der Waals surface area (Å²) < 4.78 is 6.11. The van der Waals surface area contributed by atoms with Crippen LogP contribution in [0.15, 0.2) is 17.4 Å². The summed E-state index contributed by atoms with van der Waals surface area (Å²) in [4.78, 5) is 0. The molecule has 116 valence electrons. The first kappa shape index (κ1) is 15.5. The molecule has 6 nitrogen and oxygen atoms in total. The van der Waals surface area contributed by atoms with E-state index in [0.717, 1.165) is 12.8 Å². The summed E-state index contributed by atoms with van der Waals surface area (Å²) in [5.41, 5.74) is 6.15. The molecule has 0 spiro atoms. The second-order valence-corrected chi connectivity index (χ2v) is 6.22. The van der Waals surface area contributed by atoms with Crippen LogP contribution in [0, 0.1) is 17.8 Å². The first-order valence-electron chi connectivity index (χ1n) is 7.49. The van der Waals surface area contributed by atoms with Gasteiger partial charge in [-0.25, -0.2) is 0 Å². The van der Waals surface area contributed by atoms with Crippen molar-refractivity contribution >= 4 is 5.84 Å². The van der Waals surface area contributed by atoms with Gasteiger partial charge in [0.15, 0.2) is 5.84 Å². The quantitative estimate of drug-likeness (QED) is 0.385. The molecule has 0 radical (unpaired) electrons. The molecule has 3 unspecified atom stereocenters. The van der Waals surface area contributed by atoms with Crippen LogP contribution in [0.4, 0.5) is 0 Å². The molecule has 1 aliphatic carbocycles. The molecule has 1 heterocycles. The Bertz CT molecular complexity index is 504. The Hall–Kier alpha value is -1.85. The van der Waals surface area contributed by atoms with E-state index in [0.29, 0.717) is 29.2 Å². The molecular formula is C15H24N4O2. The van der Waals surface area contributed by atoms with E-state index in [4.69, 9.17) is 15.7 Å². The normalized spacial score (nSPS) is 26.9. The van der Waals surface area contributed by atoms with E-state index in [1.165, 1.54) is 12.6 Å². The predicted octanol–water partition coefficient (Wildman–Crippen LogP) is 2.41. The van der Waals surface area contributed by atoms with Crippen LogP contribution >= 0.6 is 0 Å². The molecule has 1 aromatic rings. The van der Waals surface area contributed by atoms with Crippen LogP contribution in [0.5, 0.6) is 5.88 Å². The molecule has 0 saturated heterocycles. The highest BCUT2D eigenvalue weighted by atomic mass is 16.5. The van der Waals surface area contributed by atoms with Gasteiger partial charge < -0.3 is 15.7 Å². The Labute approximate surface area is 125 Å². The molecular weight excluding hydrogens is 268 g/mol. The van der Waals surface area contributed by atoms with Crippen molar-refractivity contribution in [2.24, 2.45) is 28.6 Å². The van der Waals surface area contributed by atoms with Crippen LogP contribution in [0.3, 0.4) is 0 Å². The molecule has 1 fully saturated rings. The fourth-order valence-corrected chi connectivity index (χ4v) is 3.05. The first-order valence-corrected chi connectivity index (χ1v) is 7.49. The van der Waals surface area contributed by atoms with Gasteiger partial charge in [-0.1, -0.05) is 32.3 Å². The van der Waals surface area contributed by atoms with Crippen molar-refractivity contribution in [3.05, 3.63) is 17.8 Å². The highest BCUT2D eigenvalue weighted by molar-refractivity contribution is 5.98. The van der Waals surface area contributed by atoms with E-state index in [-0.39, 0.29) is 11.9 Å². The number of hydrogen-bond acceptors (Lipinski definition) is 5. The van der Waals surface area contributed by atoms with Crippen molar-refractivity contribution in [2.45, 2.75) is 46.1 Å². The Morgan fingerprint density at radius 3 is 2.90 bits per heavy atom. The van der Waals surface area contributed by atoms with Crippen LogP contribution < -0.4 is 10.5 Å². The van der Waals surface area contributed by atoms with Gasteiger partial charge in [-0.15, -0.1) is 5.10 Å². The highest BCUT2D eigenvalue weighted by Gasteiger charge is 2.33. The highest BCUT2D eigenvalue weighted by Crippen LogP contribution is 2.36. The van der Waals surface area contributed by atoms with Crippen LogP contribution in [0.25, 0.3) is 0 Å². The van der Waals surface area contributed by atoms with E-state index in [9.17, 15) is 0 Å². The van der Waals surface area contributed by atoms with E-state index < -0.39 is 0 Å². The Balaban J connectivity index is 2.23. The van der Waals surface area contributed by atoms with Gasteiger partial charge >= 0.3 is 0 Å². The maximum atomic E-state index is 8.86. The molecule has 3 atom stereocenters. The summed E-state index contributed by atoms with van der Waals surface area (Å²) >= 11 is 0. The number of oxime groups is 1. The number of nitrogens with zero attached hydrogens (tertiary/aromatic N) is 3. The lowest BCUT2D eigenvalue weighted by Gasteiger charge is -2.37. The summed E-state index contributed by atoms with van der Waals surface area (Å²) in [6, 6.07) is 1.65. The second kappa shape index (κ2) is 6.74. The predicted molar refractivity (Wildman–Crippen MR) is 80.3 cm³/mol. The average molecular weight is 292 g/mol. The Morgan fingerprint density at radius 1 is 1.48 bits per heavy atom. The topological polar surface area (TPSA) is 93.6 Å². The van der Waals surface area contributed by atoms with Crippen molar-refractivity contribution in [1.29, 1.82) is 0 Å². The van der Waals surface area contributed by atoms with Gasteiger partial charge in [0.05, 0.1) is 11.8 Å². The van der Waals surface area contributed by atoms with Gasteiger partial charge in [0.2, 0.25) is 5.88 Å². The lowest BCUT2D eigenvalue weighted by molar-refractivity contribution is 0.0417. The van der Waals surface area contributed by atoms with Crippen LogP contribution in [0.2, 0.25) is 0 Å². The minimum Gasteiger partial charge on any atom is -0.472 e. The van der Waals surface area contributed by atoms with E-state index in [1.54, 1.807) is 6.07 Å². The third-order valence-corrected chi connectivity index (χ3v) is 4.29. The fraction of sp³-hybridized carbons (Fsp3) is 0.667. The molecule has 0 aliphatic heterocycles. The SMILES string of the molecule is CC1CCC(C(C)C)C(Oc2nnccc2/C(N)=N/O)C1. The zero-order valence-electron chi connectivity index (χ0n) is 12.9. The number of hydrogen-bond donors (Lipinski definition) is 2. The van der Waals surface area contributed by atoms with Crippen molar-refractivity contribution in [3.63, 3.8) is 0 Å². The lowest BCUT2D eigenvalue weighted by atomic mass is 9.75. The van der Waals surface area contributed by atoms with Crippen molar-refractivity contribution in [3.8, 4) is 5.88 Å². The Morgan fingerprint density at radius 2 is 2.24 bits per heavy atom. The van der Waals surface area contributed by atoms with Gasteiger partial charge in [-0.05, 0) is 36.7 Å². The third-order valence-electron chi connectivity index (χ3n) is 4.29. The summed E-state index contributed by atoms with van der Waals surface area (Å²) in [6.45, 7) is 6.68. The van der Waals surface area contributed by atoms with Crippen molar-refractivity contribution in [1.82, 2.24) is 10.2 Å². The molecule has 0 bridgehead atoms. The monoisotopic (exact) mass is 292 g/mol. The molecule has 3 N–H and O–H groups in total. The summed E-state index contributed by atoms with van der Waals surface area (Å²) in [6.07, 6.45) is 4.98. The van der Waals surface area contributed by atoms with Gasteiger partial charge in [0, 0.05) is 0 Å². The van der Waals surface area contributed by atoms with Crippen LogP contribution in [-0.2, 0) is 0 Å². The minimum absolute atomic E-state index is 0.00939. The number of rotatable bonds is 4. The number of ether oxygens (including phenoxy) is 1. The largest absolute Gasteiger partial charge is 0.472 e. The first-order chi connectivity index (χ1) is 10.0. The van der Waals surface area contributed by atoms with Gasteiger partial charge in [0.1, 0.15) is 6.10 Å². The molecule has 21 heavy (non-hydrogen) atoms. The summed E-state index contributed by atoms with van der Waals surface area (Å²) in [5, 5.41) is 19.8. The Kier molecular flexibility index (Phi) is 4.98. The fourth-order valence-electron chi connectivity index (χ4n) is 3.05. The zero-order chi connectivity index (χ0) is 15.4. The van der Waals surface area contributed by atoms with Crippen LogP contribution in [0.1, 0.15) is 45.6 Å². The summed E-state index contributed by atoms with van der Waals surface area (Å²) in [5.74, 6) is 2.01. The lowest BCUT2D eigenvalue weighted by Crippen LogP contribution is -2.37. The van der Waals surface area contributed by atoms with E-state index >= 15 is 0 Å². The summed E-state index contributed by atoms with van der Waals surface area (Å²) in [7, 11) is 0.